The van der Waals surface area contributed by atoms with E-state index in [9.17, 15) is 9.90 Å². The Morgan fingerprint density at radius 1 is 1.55 bits per heavy atom. The standard InChI is InChI=1S/C15H22N4O2S/c1-11(13-5-4-6-22-13)7-16-14(20)17-10-15(2,21)12-8-18-19(3)9-12/h4-6,8-9,11,21H,7,10H2,1-3H3,(H2,16,17,20)/t11-,15-/m1/s1. The zero-order chi connectivity index (χ0) is 16.2. The fourth-order valence-corrected chi connectivity index (χ4v) is 2.82. The third kappa shape index (κ3) is 4.32. The second-order valence-electron chi connectivity index (χ2n) is 5.66. The summed E-state index contributed by atoms with van der Waals surface area (Å²) in [6.07, 6.45) is 3.33. The maximum atomic E-state index is 11.8. The van der Waals surface area contributed by atoms with Crippen LogP contribution >= 0.6 is 11.3 Å². The minimum absolute atomic E-state index is 0.123. The number of thiophene rings is 1. The van der Waals surface area contributed by atoms with E-state index in [1.165, 1.54) is 4.88 Å². The lowest BCUT2D eigenvalue weighted by molar-refractivity contribution is 0.0593. The van der Waals surface area contributed by atoms with Crippen LogP contribution in [0, 0.1) is 0 Å². The normalized spacial score (nSPS) is 15.1. The summed E-state index contributed by atoms with van der Waals surface area (Å²) in [5.74, 6) is 0.268. The second kappa shape index (κ2) is 6.93. The van der Waals surface area contributed by atoms with E-state index < -0.39 is 5.60 Å². The summed E-state index contributed by atoms with van der Waals surface area (Å²) in [5.41, 5.74) is -0.479. The van der Waals surface area contributed by atoms with Gasteiger partial charge in [-0.1, -0.05) is 13.0 Å². The van der Waals surface area contributed by atoms with Crippen molar-refractivity contribution < 1.29 is 9.90 Å². The van der Waals surface area contributed by atoms with Gasteiger partial charge in [0.25, 0.3) is 0 Å². The van der Waals surface area contributed by atoms with E-state index in [1.54, 1.807) is 42.4 Å². The van der Waals surface area contributed by atoms with Crippen LogP contribution in [0.3, 0.4) is 0 Å². The highest BCUT2D eigenvalue weighted by atomic mass is 32.1. The number of aromatic nitrogens is 2. The van der Waals surface area contributed by atoms with Crippen LogP contribution in [-0.2, 0) is 12.6 Å². The Bertz CT molecular complexity index is 607. The second-order valence-corrected chi connectivity index (χ2v) is 6.64. The average Bonchev–Trinajstić information content (AvgIpc) is 3.14. The molecule has 0 saturated carbocycles. The van der Waals surface area contributed by atoms with Gasteiger partial charge in [-0.2, -0.15) is 5.10 Å². The predicted molar refractivity (Wildman–Crippen MR) is 86.9 cm³/mol. The van der Waals surface area contributed by atoms with E-state index in [1.807, 2.05) is 11.4 Å². The molecule has 0 bridgehead atoms. The van der Waals surface area contributed by atoms with Crippen molar-refractivity contribution in [3.05, 3.63) is 40.3 Å². The van der Waals surface area contributed by atoms with Crippen LogP contribution in [0.25, 0.3) is 0 Å². The van der Waals surface area contributed by atoms with Gasteiger partial charge in [0.15, 0.2) is 0 Å². The minimum atomic E-state index is -1.15. The van der Waals surface area contributed by atoms with Gasteiger partial charge in [0, 0.05) is 36.1 Å². The average molecular weight is 322 g/mol. The molecule has 2 aromatic rings. The van der Waals surface area contributed by atoms with Crippen molar-refractivity contribution in [2.45, 2.75) is 25.4 Å². The van der Waals surface area contributed by atoms with Crippen molar-refractivity contribution in [1.29, 1.82) is 0 Å². The Kier molecular flexibility index (Phi) is 5.20. The number of rotatable bonds is 6. The maximum absolute atomic E-state index is 11.8. The number of urea groups is 1. The van der Waals surface area contributed by atoms with Gasteiger partial charge >= 0.3 is 6.03 Å². The van der Waals surface area contributed by atoms with Crippen LogP contribution < -0.4 is 10.6 Å². The molecule has 22 heavy (non-hydrogen) atoms. The van der Waals surface area contributed by atoms with Crippen LogP contribution in [0.4, 0.5) is 4.79 Å². The summed E-state index contributed by atoms with van der Waals surface area (Å²) in [6, 6.07) is 3.77. The van der Waals surface area contributed by atoms with Crippen molar-refractivity contribution in [3.63, 3.8) is 0 Å². The van der Waals surface area contributed by atoms with Gasteiger partial charge in [-0.15, -0.1) is 11.3 Å². The molecule has 0 aromatic carbocycles. The van der Waals surface area contributed by atoms with Gasteiger partial charge in [-0.25, -0.2) is 4.79 Å². The third-order valence-corrected chi connectivity index (χ3v) is 4.62. The smallest absolute Gasteiger partial charge is 0.314 e. The van der Waals surface area contributed by atoms with Gasteiger partial charge in [-0.05, 0) is 18.4 Å². The zero-order valence-electron chi connectivity index (χ0n) is 13.0. The summed E-state index contributed by atoms with van der Waals surface area (Å²) in [4.78, 5) is 13.1. The fraction of sp³-hybridized carbons (Fsp3) is 0.467. The largest absolute Gasteiger partial charge is 0.383 e. The molecule has 2 amide bonds. The summed E-state index contributed by atoms with van der Waals surface area (Å²) in [5, 5.41) is 22.0. The van der Waals surface area contributed by atoms with Crippen molar-refractivity contribution in [1.82, 2.24) is 20.4 Å². The summed E-state index contributed by atoms with van der Waals surface area (Å²) >= 11 is 1.68. The number of carbonyl (C=O) groups is 1. The van der Waals surface area contributed by atoms with E-state index in [0.29, 0.717) is 12.1 Å². The third-order valence-electron chi connectivity index (χ3n) is 3.52. The summed E-state index contributed by atoms with van der Waals surface area (Å²) in [6.45, 7) is 4.40. The monoisotopic (exact) mass is 322 g/mol. The molecule has 3 N–H and O–H groups in total. The van der Waals surface area contributed by atoms with Crippen LogP contribution in [-0.4, -0.2) is 34.0 Å². The first-order chi connectivity index (χ1) is 10.4. The fourth-order valence-electron chi connectivity index (χ4n) is 2.03. The van der Waals surface area contributed by atoms with Crippen LogP contribution in [0.1, 0.15) is 30.2 Å². The van der Waals surface area contributed by atoms with Crippen LogP contribution in [0.15, 0.2) is 29.9 Å². The van der Waals surface area contributed by atoms with Crippen LogP contribution in [0.5, 0.6) is 0 Å². The lowest BCUT2D eigenvalue weighted by atomic mass is 10.00. The van der Waals surface area contributed by atoms with E-state index in [2.05, 4.69) is 28.7 Å². The highest BCUT2D eigenvalue weighted by Crippen LogP contribution is 2.20. The number of nitrogens with one attached hydrogen (secondary N) is 2. The molecule has 0 aliphatic rings. The predicted octanol–water partition coefficient (Wildman–Crippen LogP) is 1.79. The molecule has 2 aromatic heterocycles. The van der Waals surface area contributed by atoms with E-state index in [4.69, 9.17) is 0 Å². The Morgan fingerprint density at radius 3 is 2.91 bits per heavy atom. The van der Waals surface area contributed by atoms with Gasteiger partial charge in [0.2, 0.25) is 0 Å². The van der Waals surface area contributed by atoms with Crippen molar-refractivity contribution in [2.24, 2.45) is 7.05 Å². The molecule has 0 saturated heterocycles. The molecule has 0 unspecified atom stereocenters. The van der Waals surface area contributed by atoms with Gasteiger partial charge in [0.05, 0.1) is 12.7 Å². The Hall–Kier alpha value is -1.86. The highest BCUT2D eigenvalue weighted by molar-refractivity contribution is 7.10. The number of hydrogen-bond acceptors (Lipinski definition) is 4. The van der Waals surface area contributed by atoms with E-state index >= 15 is 0 Å². The summed E-state index contributed by atoms with van der Waals surface area (Å²) < 4.78 is 1.62. The molecule has 0 aliphatic carbocycles. The van der Waals surface area contributed by atoms with Gasteiger partial charge in [0.1, 0.15) is 5.60 Å². The topological polar surface area (TPSA) is 79.2 Å². The zero-order valence-corrected chi connectivity index (χ0v) is 13.9. The Morgan fingerprint density at radius 2 is 2.32 bits per heavy atom. The number of nitrogens with zero attached hydrogens (tertiary/aromatic N) is 2. The Balaban J connectivity index is 1.77. The number of carbonyl (C=O) groups excluding carboxylic acids is 1. The number of hydrogen-bond donors (Lipinski definition) is 3. The Labute approximate surface area is 134 Å². The van der Waals surface area contributed by atoms with E-state index in [0.717, 1.165) is 0 Å². The molecule has 2 heterocycles. The first kappa shape index (κ1) is 16.5. The molecular weight excluding hydrogens is 300 g/mol. The molecule has 120 valence electrons. The molecule has 2 rings (SSSR count). The number of aryl methyl sites for hydroxylation is 1. The van der Waals surface area contributed by atoms with E-state index in [-0.39, 0.29) is 18.5 Å². The molecule has 0 spiro atoms. The minimum Gasteiger partial charge on any atom is -0.383 e. The molecular formula is C15H22N4O2S. The number of amides is 2. The maximum Gasteiger partial charge on any atom is 0.314 e. The molecule has 2 atom stereocenters. The molecule has 0 aliphatic heterocycles. The first-order valence-corrected chi connectivity index (χ1v) is 8.03. The SMILES string of the molecule is C[C@H](CNC(=O)NC[C@@](C)(O)c1cnn(C)c1)c1cccs1. The van der Waals surface area contributed by atoms with Gasteiger partial charge < -0.3 is 15.7 Å². The molecule has 7 heteroatoms. The van der Waals surface area contributed by atoms with Crippen LogP contribution in [0.2, 0.25) is 0 Å². The first-order valence-electron chi connectivity index (χ1n) is 7.15. The quantitative estimate of drug-likeness (QED) is 0.758. The molecule has 0 fully saturated rings. The lowest BCUT2D eigenvalue weighted by Gasteiger charge is -2.22. The highest BCUT2D eigenvalue weighted by Gasteiger charge is 2.25. The summed E-state index contributed by atoms with van der Waals surface area (Å²) in [7, 11) is 1.78. The van der Waals surface area contributed by atoms with Crippen molar-refractivity contribution in [2.75, 3.05) is 13.1 Å². The van der Waals surface area contributed by atoms with Crippen molar-refractivity contribution >= 4 is 17.4 Å². The lowest BCUT2D eigenvalue weighted by Crippen LogP contribution is -2.44. The molecule has 6 nitrogen and oxygen atoms in total. The van der Waals surface area contributed by atoms with Crippen molar-refractivity contribution in [3.8, 4) is 0 Å². The van der Waals surface area contributed by atoms with Gasteiger partial charge in [-0.3, -0.25) is 4.68 Å². The number of aliphatic hydroxyl groups is 1. The molecule has 0 radical (unpaired) electrons.